The zero-order valence-corrected chi connectivity index (χ0v) is 13.0. The van der Waals surface area contributed by atoms with Gasteiger partial charge in [-0.15, -0.1) is 0 Å². The molecule has 1 fully saturated rings. The van der Waals surface area contributed by atoms with Gasteiger partial charge < -0.3 is 5.32 Å². The van der Waals surface area contributed by atoms with E-state index in [0.29, 0.717) is 12.5 Å². The molecule has 21 heavy (non-hydrogen) atoms. The van der Waals surface area contributed by atoms with Gasteiger partial charge in [-0.3, -0.25) is 9.69 Å². The summed E-state index contributed by atoms with van der Waals surface area (Å²) in [6.07, 6.45) is 2.06. The minimum Gasteiger partial charge on any atom is -0.337 e. The van der Waals surface area contributed by atoms with Gasteiger partial charge in [0.2, 0.25) is 5.91 Å². The lowest BCUT2D eigenvalue weighted by molar-refractivity contribution is -0.123. The van der Waals surface area contributed by atoms with Crippen LogP contribution in [0.15, 0.2) is 24.3 Å². The summed E-state index contributed by atoms with van der Waals surface area (Å²) in [5.41, 5.74) is 1.74. The zero-order chi connectivity index (χ0) is 15.5. The summed E-state index contributed by atoms with van der Waals surface area (Å²) in [6, 6.07) is 10.4. The summed E-state index contributed by atoms with van der Waals surface area (Å²) in [6.45, 7) is 4.93. The van der Waals surface area contributed by atoms with E-state index in [1.54, 1.807) is 0 Å². The summed E-state index contributed by atoms with van der Waals surface area (Å²) in [4.78, 5) is 14.1. The summed E-state index contributed by atoms with van der Waals surface area (Å²) in [7, 11) is 1.92. The van der Waals surface area contributed by atoms with Gasteiger partial charge in [0.05, 0.1) is 12.6 Å². The molecule has 4 heteroatoms. The Labute approximate surface area is 126 Å². The first-order valence-corrected chi connectivity index (χ1v) is 7.40. The van der Waals surface area contributed by atoms with Gasteiger partial charge >= 0.3 is 0 Å². The number of rotatable bonds is 6. The molecule has 1 aromatic rings. The van der Waals surface area contributed by atoms with Crippen molar-refractivity contribution in [1.82, 2.24) is 10.2 Å². The van der Waals surface area contributed by atoms with Gasteiger partial charge in [0.25, 0.3) is 0 Å². The smallest absolute Gasteiger partial charge is 0.235 e. The number of benzene rings is 1. The molecule has 1 aliphatic rings. The second-order valence-corrected chi connectivity index (χ2v) is 6.24. The highest BCUT2D eigenvalue weighted by Gasteiger charge is 2.42. The fourth-order valence-corrected chi connectivity index (χ4v) is 2.59. The van der Waals surface area contributed by atoms with Gasteiger partial charge in [0, 0.05) is 6.54 Å². The molecule has 1 aliphatic carbocycles. The molecule has 1 aromatic carbocycles. The zero-order valence-electron chi connectivity index (χ0n) is 13.0. The van der Waals surface area contributed by atoms with Gasteiger partial charge in [0.15, 0.2) is 0 Å². The molecule has 1 saturated carbocycles. The molecule has 112 valence electrons. The first-order chi connectivity index (χ1) is 9.94. The highest BCUT2D eigenvalue weighted by atomic mass is 16.2. The van der Waals surface area contributed by atoms with E-state index >= 15 is 0 Å². The van der Waals surface area contributed by atoms with Gasteiger partial charge in [-0.1, -0.05) is 24.3 Å². The molecule has 0 radical (unpaired) electrons. The Morgan fingerprint density at radius 1 is 1.48 bits per heavy atom. The fraction of sp³-hybridized carbons (Fsp3) is 0.529. The van der Waals surface area contributed by atoms with Crippen molar-refractivity contribution < 1.29 is 4.79 Å². The standard InChI is InChI=1S/C17H23N3O/c1-13-6-4-5-7-14(13)10-20(3)11-16(21)19-17(2,12-18)15-8-9-15/h4-7,15H,8-11H2,1-3H3,(H,19,21). The fourth-order valence-electron chi connectivity index (χ4n) is 2.59. The number of hydrogen-bond donors (Lipinski definition) is 1. The molecular weight excluding hydrogens is 262 g/mol. The van der Waals surface area contributed by atoms with Crippen molar-refractivity contribution in [3.63, 3.8) is 0 Å². The van der Waals surface area contributed by atoms with Crippen LogP contribution in [0.4, 0.5) is 0 Å². The second-order valence-electron chi connectivity index (χ2n) is 6.24. The molecule has 1 amide bonds. The van der Waals surface area contributed by atoms with Crippen molar-refractivity contribution >= 4 is 5.91 Å². The Balaban J connectivity index is 1.88. The quantitative estimate of drug-likeness (QED) is 0.872. The Hall–Kier alpha value is -1.86. The Bertz CT molecular complexity index is 559. The van der Waals surface area contributed by atoms with Crippen LogP contribution in [0.3, 0.4) is 0 Å². The van der Waals surface area contributed by atoms with Gasteiger partial charge in [-0.05, 0) is 50.8 Å². The third kappa shape index (κ3) is 4.05. The average molecular weight is 285 g/mol. The van der Waals surface area contributed by atoms with E-state index in [1.165, 1.54) is 11.1 Å². The summed E-state index contributed by atoms with van der Waals surface area (Å²) >= 11 is 0. The number of carbonyl (C=O) groups excluding carboxylic acids is 1. The largest absolute Gasteiger partial charge is 0.337 e. The van der Waals surface area contributed by atoms with E-state index in [0.717, 1.165) is 19.4 Å². The van der Waals surface area contributed by atoms with Crippen LogP contribution in [-0.4, -0.2) is 29.9 Å². The molecule has 0 spiro atoms. The molecule has 0 heterocycles. The van der Waals surface area contributed by atoms with Crippen LogP contribution >= 0.6 is 0 Å². The Morgan fingerprint density at radius 3 is 2.71 bits per heavy atom. The third-order valence-corrected chi connectivity index (χ3v) is 4.14. The summed E-state index contributed by atoms with van der Waals surface area (Å²) < 4.78 is 0. The van der Waals surface area contributed by atoms with Crippen LogP contribution in [0.25, 0.3) is 0 Å². The molecule has 0 aromatic heterocycles. The number of carbonyl (C=O) groups is 1. The number of hydrogen-bond acceptors (Lipinski definition) is 3. The van der Waals surface area contributed by atoms with Crippen LogP contribution in [-0.2, 0) is 11.3 Å². The van der Waals surface area contributed by atoms with E-state index in [-0.39, 0.29) is 5.91 Å². The SMILES string of the molecule is Cc1ccccc1CN(C)CC(=O)NC(C)(C#N)C1CC1. The van der Waals surface area contributed by atoms with E-state index < -0.39 is 5.54 Å². The number of likely N-dealkylation sites (N-methyl/N-ethyl adjacent to an activating group) is 1. The van der Waals surface area contributed by atoms with E-state index in [1.807, 2.05) is 31.0 Å². The number of amides is 1. The molecule has 2 rings (SSSR count). The number of nitrogens with zero attached hydrogens (tertiary/aromatic N) is 2. The maximum Gasteiger partial charge on any atom is 0.235 e. The maximum atomic E-state index is 12.1. The number of nitriles is 1. The molecule has 1 atom stereocenters. The van der Waals surface area contributed by atoms with Crippen LogP contribution in [0, 0.1) is 24.2 Å². The summed E-state index contributed by atoms with van der Waals surface area (Å²) in [5, 5.41) is 12.2. The second kappa shape index (κ2) is 6.28. The van der Waals surface area contributed by atoms with E-state index in [2.05, 4.69) is 30.4 Å². The van der Waals surface area contributed by atoms with Crippen molar-refractivity contribution in [3.05, 3.63) is 35.4 Å². The molecule has 1 N–H and O–H groups in total. The predicted octanol–water partition coefficient (Wildman–Crippen LogP) is 2.24. The van der Waals surface area contributed by atoms with Gasteiger partial charge in [-0.25, -0.2) is 0 Å². The van der Waals surface area contributed by atoms with Crippen molar-refractivity contribution in [1.29, 1.82) is 5.26 Å². The third-order valence-electron chi connectivity index (χ3n) is 4.14. The molecule has 4 nitrogen and oxygen atoms in total. The molecule has 0 aliphatic heterocycles. The minimum atomic E-state index is -0.708. The van der Waals surface area contributed by atoms with E-state index in [9.17, 15) is 10.1 Å². The van der Waals surface area contributed by atoms with Crippen LogP contribution in [0.5, 0.6) is 0 Å². The van der Waals surface area contributed by atoms with Crippen molar-refractivity contribution in [2.45, 2.75) is 38.8 Å². The lowest BCUT2D eigenvalue weighted by Gasteiger charge is -2.25. The molecule has 0 bridgehead atoms. The van der Waals surface area contributed by atoms with Crippen LogP contribution in [0.1, 0.15) is 30.9 Å². The van der Waals surface area contributed by atoms with Crippen molar-refractivity contribution in [3.8, 4) is 6.07 Å². The molecular formula is C17H23N3O. The summed E-state index contributed by atoms with van der Waals surface area (Å²) in [5.74, 6) is 0.232. The highest BCUT2D eigenvalue weighted by Crippen LogP contribution is 2.39. The Kier molecular flexibility index (Phi) is 4.64. The van der Waals surface area contributed by atoms with Crippen molar-refractivity contribution in [2.75, 3.05) is 13.6 Å². The van der Waals surface area contributed by atoms with Gasteiger partial charge in [0.1, 0.15) is 5.54 Å². The normalized spacial score (nSPS) is 17.1. The minimum absolute atomic E-state index is 0.0814. The topological polar surface area (TPSA) is 56.1 Å². The molecule has 1 unspecified atom stereocenters. The predicted molar refractivity (Wildman–Crippen MR) is 82.4 cm³/mol. The first-order valence-electron chi connectivity index (χ1n) is 7.40. The lowest BCUT2D eigenvalue weighted by Crippen LogP contribution is -2.49. The van der Waals surface area contributed by atoms with E-state index in [4.69, 9.17) is 0 Å². The van der Waals surface area contributed by atoms with Crippen LogP contribution in [0.2, 0.25) is 0 Å². The molecule has 0 saturated heterocycles. The highest BCUT2D eigenvalue weighted by molar-refractivity contribution is 5.79. The monoisotopic (exact) mass is 285 g/mol. The first kappa shape index (κ1) is 15.5. The van der Waals surface area contributed by atoms with Crippen molar-refractivity contribution in [2.24, 2.45) is 5.92 Å². The number of aryl methyl sites for hydroxylation is 1. The van der Waals surface area contributed by atoms with Gasteiger partial charge in [-0.2, -0.15) is 5.26 Å². The average Bonchev–Trinajstić information content (AvgIpc) is 3.25. The lowest BCUT2D eigenvalue weighted by atomic mass is 9.98. The maximum absolute atomic E-state index is 12.1. The number of nitrogens with one attached hydrogen (secondary N) is 1. The Morgan fingerprint density at radius 2 is 2.14 bits per heavy atom. The van der Waals surface area contributed by atoms with Crippen LogP contribution < -0.4 is 5.32 Å².